The van der Waals surface area contributed by atoms with Crippen molar-refractivity contribution >= 4 is 17.9 Å². The van der Waals surface area contributed by atoms with Gasteiger partial charge in [0.25, 0.3) is 0 Å². The number of carbonyl (C=O) groups excluding carboxylic acids is 3. The molecule has 0 heterocycles. The number of hydrogen-bond donors (Lipinski definition) is 2. The van der Waals surface area contributed by atoms with Crippen LogP contribution in [0, 0.1) is 19.8 Å². The lowest BCUT2D eigenvalue weighted by atomic mass is 9.91. The summed E-state index contributed by atoms with van der Waals surface area (Å²) in [7, 11) is 0. The fourth-order valence-electron chi connectivity index (χ4n) is 4.44. The van der Waals surface area contributed by atoms with Crippen molar-refractivity contribution in [2.24, 2.45) is 5.92 Å². The molecule has 0 radical (unpaired) electrons. The average molecular weight is 504 g/mol. The molecule has 0 fully saturated rings. The molecule has 1 rings (SSSR count). The molecule has 7 nitrogen and oxygen atoms in total. The molecular formula is C29H49N3O4. The number of rotatable bonds is 11. The second-order valence-corrected chi connectivity index (χ2v) is 11.3. The highest BCUT2D eigenvalue weighted by Crippen LogP contribution is 2.31. The molecule has 204 valence electrons. The van der Waals surface area contributed by atoms with E-state index in [-0.39, 0.29) is 29.8 Å². The first-order valence-electron chi connectivity index (χ1n) is 13.3. The van der Waals surface area contributed by atoms with E-state index in [0.29, 0.717) is 6.42 Å². The number of hydrogen-bond acceptors (Lipinski definition) is 4. The third-order valence-corrected chi connectivity index (χ3v) is 6.41. The molecule has 4 unspecified atom stereocenters. The molecule has 0 bridgehead atoms. The summed E-state index contributed by atoms with van der Waals surface area (Å²) in [5.41, 5.74) is 2.01. The maximum atomic E-state index is 14.2. The zero-order chi connectivity index (χ0) is 27.8. The van der Waals surface area contributed by atoms with Crippen LogP contribution in [0.1, 0.15) is 104 Å². The average Bonchev–Trinajstić information content (AvgIpc) is 2.74. The van der Waals surface area contributed by atoms with E-state index in [0.717, 1.165) is 29.5 Å². The van der Waals surface area contributed by atoms with Crippen LogP contribution in [0.3, 0.4) is 0 Å². The fraction of sp³-hybridized carbons (Fsp3) is 0.690. The molecule has 7 heteroatoms. The smallest absolute Gasteiger partial charge is 0.408 e. The van der Waals surface area contributed by atoms with Crippen LogP contribution >= 0.6 is 0 Å². The van der Waals surface area contributed by atoms with E-state index in [1.807, 2.05) is 66.7 Å². The van der Waals surface area contributed by atoms with Crippen molar-refractivity contribution in [1.29, 1.82) is 0 Å². The molecule has 0 aromatic heterocycles. The summed E-state index contributed by atoms with van der Waals surface area (Å²) in [6.07, 6.45) is 1.82. The molecule has 2 N–H and O–H groups in total. The second-order valence-electron chi connectivity index (χ2n) is 11.3. The highest BCUT2D eigenvalue weighted by atomic mass is 16.6. The minimum atomic E-state index is -0.833. The Morgan fingerprint density at radius 3 is 1.97 bits per heavy atom. The molecular weight excluding hydrogens is 454 g/mol. The molecule has 4 atom stereocenters. The molecule has 3 amide bonds. The minimum Gasteiger partial charge on any atom is -0.444 e. The molecule has 0 spiro atoms. The zero-order valence-electron chi connectivity index (χ0n) is 24.3. The number of nitrogens with zero attached hydrogens (tertiary/aromatic N) is 1. The van der Waals surface area contributed by atoms with Gasteiger partial charge < -0.3 is 20.3 Å². The third kappa shape index (κ3) is 8.82. The lowest BCUT2D eigenvalue weighted by Gasteiger charge is -2.39. The van der Waals surface area contributed by atoms with Crippen LogP contribution in [0.2, 0.25) is 0 Å². The predicted octanol–water partition coefficient (Wildman–Crippen LogP) is 5.83. The van der Waals surface area contributed by atoms with Gasteiger partial charge in [-0.1, -0.05) is 51.8 Å². The van der Waals surface area contributed by atoms with Crippen molar-refractivity contribution in [3.63, 3.8) is 0 Å². The van der Waals surface area contributed by atoms with Gasteiger partial charge in [0.15, 0.2) is 0 Å². The van der Waals surface area contributed by atoms with E-state index >= 15 is 0 Å². The molecule has 0 aliphatic heterocycles. The first kappa shape index (κ1) is 31.5. The summed E-state index contributed by atoms with van der Waals surface area (Å²) in [5, 5.41) is 5.94. The molecule has 0 aliphatic rings. The van der Waals surface area contributed by atoms with Crippen LogP contribution < -0.4 is 10.6 Å². The Bertz CT molecular complexity index is 871. The van der Waals surface area contributed by atoms with Crippen LogP contribution in [-0.2, 0) is 14.3 Å². The number of ether oxygens (including phenoxy) is 1. The topological polar surface area (TPSA) is 87.7 Å². The monoisotopic (exact) mass is 503 g/mol. The molecule has 0 saturated carbocycles. The number of carbonyl (C=O) groups is 3. The van der Waals surface area contributed by atoms with E-state index in [2.05, 4.69) is 17.6 Å². The maximum absolute atomic E-state index is 14.2. The van der Waals surface area contributed by atoms with Gasteiger partial charge in [-0.3, -0.25) is 9.59 Å². The molecule has 1 aromatic rings. The van der Waals surface area contributed by atoms with Gasteiger partial charge in [-0.2, -0.15) is 0 Å². The van der Waals surface area contributed by atoms with E-state index in [9.17, 15) is 14.4 Å². The van der Waals surface area contributed by atoms with E-state index in [1.165, 1.54) is 0 Å². The van der Waals surface area contributed by atoms with Gasteiger partial charge in [-0.25, -0.2) is 4.79 Å². The number of alkyl carbamates (subject to hydrolysis) is 1. The summed E-state index contributed by atoms with van der Waals surface area (Å²) in [4.78, 5) is 42.4. The van der Waals surface area contributed by atoms with Gasteiger partial charge >= 0.3 is 6.09 Å². The van der Waals surface area contributed by atoms with Crippen LogP contribution in [-0.4, -0.2) is 46.5 Å². The minimum absolute atomic E-state index is 0.0244. The van der Waals surface area contributed by atoms with Crippen molar-refractivity contribution in [3.8, 4) is 0 Å². The Kier molecular flexibility index (Phi) is 11.9. The van der Waals surface area contributed by atoms with Crippen LogP contribution in [0.4, 0.5) is 4.79 Å². The molecule has 0 saturated heterocycles. The van der Waals surface area contributed by atoms with Gasteiger partial charge in [0.1, 0.15) is 17.7 Å². The standard InChI is InChI=1S/C29H49N3O4/c1-12-15-22(8)30-26(33)25(23-20(6)16-14-17-21(23)7)32(18(3)4)27(34)24(19(5)13-2)31-28(35)36-29(9,10)11/h14,16-19,22,24-25H,12-13,15H2,1-11H3,(H,30,33)(H,31,35). The second kappa shape index (κ2) is 13.7. The van der Waals surface area contributed by atoms with Gasteiger partial charge in [0.2, 0.25) is 11.8 Å². The quantitative estimate of drug-likeness (QED) is 0.398. The summed E-state index contributed by atoms with van der Waals surface area (Å²) in [6, 6.07) is 3.91. The van der Waals surface area contributed by atoms with Gasteiger partial charge in [-0.05, 0) is 84.4 Å². The third-order valence-electron chi connectivity index (χ3n) is 6.41. The molecule has 36 heavy (non-hydrogen) atoms. The Labute approximate surface area is 218 Å². The van der Waals surface area contributed by atoms with Gasteiger partial charge in [0, 0.05) is 12.1 Å². The Hall–Kier alpha value is -2.57. The van der Waals surface area contributed by atoms with Crippen molar-refractivity contribution < 1.29 is 19.1 Å². The summed E-state index contributed by atoms with van der Waals surface area (Å²) < 4.78 is 5.46. The lowest BCUT2D eigenvalue weighted by Crippen LogP contribution is -2.57. The first-order valence-corrected chi connectivity index (χ1v) is 13.3. The van der Waals surface area contributed by atoms with E-state index in [4.69, 9.17) is 4.74 Å². The Morgan fingerprint density at radius 2 is 1.53 bits per heavy atom. The van der Waals surface area contributed by atoms with Crippen molar-refractivity contribution in [3.05, 3.63) is 34.9 Å². The van der Waals surface area contributed by atoms with Gasteiger partial charge in [-0.15, -0.1) is 0 Å². The van der Waals surface area contributed by atoms with Crippen LogP contribution in [0.15, 0.2) is 18.2 Å². The Balaban J connectivity index is 3.60. The highest BCUT2D eigenvalue weighted by Gasteiger charge is 2.40. The van der Waals surface area contributed by atoms with Crippen molar-refractivity contribution in [2.75, 3.05) is 0 Å². The van der Waals surface area contributed by atoms with Crippen LogP contribution in [0.5, 0.6) is 0 Å². The van der Waals surface area contributed by atoms with Gasteiger partial charge in [0.05, 0.1) is 0 Å². The van der Waals surface area contributed by atoms with Crippen LogP contribution in [0.25, 0.3) is 0 Å². The Morgan fingerprint density at radius 1 is 0.972 bits per heavy atom. The van der Waals surface area contributed by atoms with E-state index in [1.54, 1.807) is 25.7 Å². The highest BCUT2D eigenvalue weighted by molar-refractivity contribution is 5.93. The normalized spacial score (nSPS) is 15.0. The number of nitrogens with one attached hydrogen (secondary N) is 2. The summed E-state index contributed by atoms with van der Waals surface area (Å²) >= 11 is 0. The summed E-state index contributed by atoms with van der Waals surface area (Å²) in [5.74, 6) is -0.668. The predicted molar refractivity (Wildman–Crippen MR) is 146 cm³/mol. The largest absolute Gasteiger partial charge is 0.444 e. The van der Waals surface area contributed by atoms with Crippen molar-refractivity contribution in [1.82, 2.24) is 15.5 Å². The molecule has 1 aromatic carbocycles. The maximum Gasteiger partial charge on any atom is 0.408 e. The SMILES string of the molecule is CCCC(C)NC(=O)C(c1c(C)cccc1C)N(C(=O)C(NC(=O)OC(C)(C)C)C(C)CC)C(C)C. The number of aryl methyl sites for hydroxylation is 2. The van der Waals surface area contributed by atoms with E-state index < -0.39 is 23.8 Å². The van der Waals surface area contributed by atoms with Crippen molar-refractivity contribution in [2.45, 2.75) is 125 Å². The summed E-state index contributed by atoms with van der Waals surface area (Å²) in [6.45, 7) is 21.1. The number of benzene rings is 1. The fourth-order valence-corrected chi connectivity index (χ4v) is 4.44. The lowest BCUT2D eigenvalue weighted by molar-refractivity contribution is -0.145. The molecule has 0 aliphatic carbocycles. The number of amides is 3. The first-order chi connectivity index (χ1) is 16.6. The zero-order valence-corrected chi connectivity index (χ0v) is 24.3.